The zero-order valence-corrected chi connectivity index (χ0v) is 34.1. The second-order valence-corrected chi connectivity index (χ2v) is 17.2. The summed E-state index contributed by atoms with van der Waals surface area (Å²) in [5.74, 6) is 1.29. The summed E-state index contributed by atoms with van der Waals surface area (Å²) in [6.07, 6.45) is 7.94. The molecule has 5 aliphatic rings. The zero-order valence-electron chi connectivity index (χ0n) is 34.1. The Bertz CT molecular complexity index is 2220. The minimum atomic E-state index is -0.950. The highest BCUT2D eigenvalue weighted by atomic mass is 16.5. The molecule has 4 saturated heterocycles. The molecule has 15 heteroatoms. The van der Waals surface area contributed by atoms with Gasteiger partial charge in [0.1, 0.15) is 29.6 Å². The fourth-order valence-corrected chi connectivity index (χ4v) is 9.60. The number of aromatic amines is 1. The predicted molar refractivity (Wildman–Crippen MR) is 223 cm³/mol. The number of amides is 4. The van der Waals surface area contributed by atoms with E-state index < -0.39 is 23.8 Å². The highest BCUT2D eigenvalue weighted by Crippen LogP contribution is 2.34. The molecule has 59 heavy (non-hydrogen) atoms. The molecule has 15 nitrogen and oxygen atoms in total. The number of piperidine rings is 3. The Labute approximate surface area is 344 Å². The van der Waals surface area contributed by atoms with Gasteiger partial charge in [0, 0.05) is 69.4 Å². The van der Waals surface area contributed by atoms with Crippen LogP contribution in [0.5, 0.6) is 5.75 Å². The summed E-state index contributed by atoms with van der Waals surface area (Å²) < 4.78 is 5.93. The third-order valence-corrected chi connectivity index (χ3v) is 13.0. The lowest BCUT2D eigenvalue weighted by molar-refractivity contribution is -0.136. The van der Waals surface area contributed by atoms with E-state index in [0.717, 1.165) is 129 Å². The van der Waals surface area contributed by atoms with Gasteiger partial charge < -0.3 is 19.4 Å². The Morgan fingerprint density at radius 2 is 1.53 bits per heavy atom. The highest BCUT2D eigenvalue weighted by Gasteiger charge is 2.45. The summed E-state index contributed by atoms with van der Waals surface area (Å²) >= 11 is 0. The molecule has 1 atom stereocenters. The van der Waals surface area contributed by atoms with Gasteiger partial charge in [-0.25, -0.2) is 9.97 Å². The van der Waals surface area contributed by atoms with Crippen molar-refractivity contribution in [1.29, 1.82) is 0 Å². The van der Waals surface area contributed by atoms with Gasteiger partial charge in [-0.3, -0.25) is 39.4 Å². The first-order valence-electron chi connectivity index (χ1n) is 21.4. The Balaban J connectivity index is 0.695. The van der Waals surface area contributed by atoms with Crippen LogP contribution < -0.4 is 19.9 Å². The van der Waals surface area contributed by atoms with E-state index in [-0.39, 0.29) is 24.9 Å². The molecular weight excluding hydrogens is 749 g/mol. The number of nitrogens with zero attached hydrogens (tertiary/aromatic N) is 8. The molecule has 4 amide bonds. The van der Waals surface area contributed by atoms with Gasteiger partial charge in [-0.05, 0) is 120 Å². The number of aromatic nitrogens is 4. The maximum atomic E-state index is 13.3. The number of carbonyl (C=O) groups excluding carboxylic acids is 4. The molecule has 310 valence electrons. The van der Waals surface area contributed by atoms with Gasteiger partial charge in [-0.15, -0.1) is 0 Å². The van der Waals surface area contributed by atoms with Crippen molar-refractivity contribution in [3.8, 4) is 17.1 Å². The molecule has 9 rings (SSSR count). The number of rotatable bonds is 11. The Morgan fingerprint density at radius 1 is 0.763 bits per heavy atom. The first kappa shape index (κ1) is 39.1. The van der Waals surface area contributed by atoms with Gasteiger partial charge in [0.15, 0.2) is 0 Å². The molecule has 0 saturated carbocycles. The summed E-state index contributed by atoms with van der Waals surface area (Å²) in [4.78, 5) is 70.8. The van der Waals surface area contributed by atoms with Crippen LogP contribution in [0.1, 0.15) is 79.5 Å². The number of nitrogens with one attached hydrogen (secondary N) is 2. The molecule has 1 unspecified atom stereocenters. The van der Waals surface area contributed by atoms with Gasteiger partial charge in [0.05, 0.1) is 28.4 Å². The summed E-state index contributed by atoms with van der Waals surface area (Å²) in [6.45, 7) is 14.4. The van der Waals surface area contributed by atoms with E-state index in [1.165, 1.54) is 19.3 Å². The van der Waals surface area contributed by atoms with Gasteiger partial charge in [0.2, 0.25) is 11.8 Å². The van der Waals surface area contributed by atoms with Crippen molar-refractivity contribution in [2.75, 3.05) is 75.2 Å². The van der Waals surface area contributed by atoms with Crippen LogP contribution >= 0.6 is 0 Å². The average molecular weight is 803 g/mol. The van der Waals surface area contributed by atoms with Gasteiger partial charge in [-0.1, -0.05) is 0 Å². The summed E-state index contributed by atoms with van der Waals surface area (Å²) in [6, 6.07) is 12.5. The topological polar surface area (TPSA) is 160 Å². The molecule has 5 aliphatic heterocycles. The van der Waals surface area contributed by atoms with Crippen LogP contribution in [0.25, 0.3) is 22.3 Å². The molecule has 4 aromatic rings. The Kier molecular flexibility index (Phi) is 11.0. The first-order chi connectivity index (χ1) is 28.7. The summed E-state index contributed by atoms with van der Waals surface area (Å²) in [5.41, 5.74) is 4.16. The summed E-state index contributed by atoms with van der Waals surface area (Å²) in [5, 5.41) is 11.0. The lowest BCUT2D eigenvalue weighted by Crippen LogP contribution is -2.54. The largest absolute Gasteiger partial charge is 0.491 e. The normalized spacial score (nSPS) is 21.5. The average Bonchev–Trinajstić information content (AvgIpc) is 3.78. The van der Waals surface area contributed by atoms with Crippen molar-refractivity contribution in [2.45, 2.75) is 70.9 Å². The number of carbonyl (C=O) groups is 4. The number of hydrogen-bond donors (Lipinski definition) is 2. The van der Waals surface area contributed by atoms with E-state index in [9.17, 15) is 19.2 Å². The fraction of sp³-hybridized carbons (Fsp3) is 0.523. The Hall–Kier alpha value is -5.41. The van der Waals surface area contributed by atoms with Crippen molar-refractivity contribution >= 4 is 46.0 Å². The molecule has 0 bridgehead atoms. The van der Waals surface area contributed by atoms with Crippen LogP contribution in [-0.2, 0) is 9.59 Å². The number of imide groups is 2. The number of likely N-dealkylation sites (tertiary alicyclic amines) is 1. The third-order valence-electron chi connectivity index (χ3n) is 13.0. The van der Waals surface area contributed by atoms with Gasteiger partial charge in [0.25, 0.3) is 11.8 Å². The number of ether oxygens (including phenoxy) is 1. The van der Waals surface area contributed by atoms with Crippen molar-refractivity contribution < 1.29 is 23.9 Å². The minimum Gasteiger partial charge on any atom is -0.491 e. The number of hydrogen-bond acceptors (Lipinski definition) is 12. The SMILES string of the molecule is CC(C)Oc1ccc2[nH]nc(-c3cc(N4CCN(CCC5CCN(CC6CCN(c7ccc8c(c7)C(=O)N(C7CCC(=O)NC7=O)C8=O)CC6)CC5)CC4)ncn3)c2c1. The molecular formula is C44H54N10O5. The van der Waals surface area contributed by atoms with Crippen LogP contribution in [0, 0.1) is 11.8 Å². The highest BCUT2D eigenvalue weighted by molar-refractivity contribution is 6.23. The minimum absolute atomic E-state index is 0.0936. The molecule has 0 aliphatic carbocycles. The van der Waals surface area contributed by atoms with Crippen LogP contribution in [0.3, 0.4) is 0 Å². The van der Waals surface area contributed by atoms with E-state index in [0.29, 0.717) is 17.0 Å². The lowest BCUT2D eigenvalue weighted by Gasteiger charge is -2.39. The third kappa shape index (κ3) is 8.27. The Morgan fingerprint density at radius 3 is 2.29 bits per heavy atom. The van der Waals surface area contributed by atoms with Gasteiger partial charge >= 0.3 is 0 Å². The molecule has 0 radical (unpaired) electrons. The number of piperazine rings is 1. The second kappa shape index (κ2) is 16.7. The molecule has 0 spiro atoms. The monoisotopic (exact) mass is 802 g/mol. The zero-order chi connectivity index (χ0) is 40.6. The molecule has 2 aromatic heterocycles. The molecule has 7 heterocycles. The van der Waals surface area contributed by atoms with E-state index in [4.69, 9.17) is 4.74 Å². The maximum absolute atomic E-state index is 13.3. The van der Waals surface area contributed by atoms with E-state index in [2.05, 4.69) is 51.1 Å². The maximum Gasteiger partial charge on any atom is 0.262 e. The van der Waals surface area contributed by atoms with Crippen LogP contribution in [-0.4, -0.2) is 136 Å². The fourth-order valence-electron chi connectivity index (χ4n) is 9.60. The van der Waals surface area contributed by atoms with Crippen molar-refractivity contribution in [2.24, 2.45) is 11.8 Å². The van der Waals surface area contributed by atoms with Crippen LogP contribution in [0.2, 0.25) is 0 Å². The van der Waals surface area contributed by atoms with E-state index in [1.807, 2.05) is 44.2 Å². The van der Waals surface area contributed by atoms with E-state index >= 15 is 0 Å². The van der Waals surface area contributed by atoms with Crippen molar-refractivity contribution in [3.05, 3.63) is 59.9 Å². The number of benzene rings is 2. The predicted octanol–water partition coefficient (Wildman–Crippen LogP) is 4.35. The molecule has 4 fully saturated rings. The standard InChI is InChI=1S/C44H54N10O5/c1-28(2)59-32-4-6-36-35(24-32)41(49-48-36)37-25-39(46-27-45-37)53-21-19-50(20-22-53)14-9-29-10-15-51(16-11-29)26-30-12-17-52(18-13-30)31-3-5-33-34(23-31)44(58)54(43(33)57)38-7-8-40(55)47-42(38)56/h3-6,23-25,27-30,38H,7-22,26H2,1-2H3,(H,48,49)(H,47,55,56). The van der Waals surface area contributed by atoms with Gasteiger partial charge in [-0.2, -0.15) is 5.10 Å². The molecule has 2 aromatic carbocycles. The van der Waals surface area contributed by atoms with E-state index in [1.54, 1.807) is 12.4 Å². The quantitative estimate of drug-likeness (QED) is 0.207. The first-order valence-corrected chi connectivity index (χ1v) is 21.4. The summed E-state index contributed by atoms with van der Waals surface area (Å²) in [7, 11) is 0. The number of H-pyrrole nitrogens is 1. The van der Waals surface area contributed by atoms with Crippen LogP contribution in [0.4, 0.5) is 11.5 Å². The smallest absolute Gasteiger partial charge is 0.262 e. The lowest BCUT2D eigenvalue weighted by atomic mass is 9.90. The second-order valence-electron chi connectivity index (χ2n) is 17.2. The molecule has 2 N–H and O–H groups in total. The van der Waals surface area contributed by atoms with Crippen molar-refractivity contribution in [1.82, 2.24) is 40.2 Å². The number of anilines is 2. The van der Waals surface area contributed by atoms with Crippen LogP contribution in [0.15, 0.2) is 48.8 Å². The number of fused-ring (bicyclic) bond motifs is 2. The van der Waals surface area contributed by atoms with Crippen molar-refractivity contribution in [3.63, 3.8) is 0 Å².